The van der Waals surface area contributed by atoms with Gasteiger partial charge >= 0.3 is 12.1 Å². The van der Waals surface area contributed by atoms with Gasteiger partial charge in [0.1, 0.15) is 0 Å². The summed E-state index contributed by atoms with van der Waals surface area (Å²) in [5, 5.41) is 0. The molecule has 1 saturated heterocycles. The van der Waals surface area contributed by atoms with E-state index < -0.39 is 39.1 Å². The maximum absolute atomic E-state index is 13.0. The average molecular weight is 425 g/mol. The number of carbonyl (C=O) groups excluding carboxylic acids is 1. The molecule has 9 heteroatoms. The van der Waals surface area contributed by atoms with Crippen LogP contribution >= 0.6 is 0 Å². The predicted octanol–water partition coefficient (Wildman–Crippen LogP) is 3.70. The van der Waals surface area contributed by atoms with Crippen LogP contribution in [0.4, 0.5) is 13.2 Å². The third-order valence-corrected chi connectivity index (χ3v) is 7.14. The zero-order chi connectivity index (χ0) is 20.9. The van der Waals surface area contributed by atoms with E-state index in [9.17, 15) is 26.4 Å². The number of benzene rings is 2. The first-order valence-corrected chi connectivity index (χ1v) is 10.7. The number of alkyl halides is 3. The van der Waals surface area contributed by atoms with Crippen LogP contribution in [0.5, 0.6) is 0 Å². The number of halogens is 3. The van der Waals surface area contributed by atoms with Crippen molar-refractivity contribution in [1.82, 2.24) is 4.31 Å². The lowest BCUT2D eigenvalue weighted by atomic mass is 9.86. The van der Waals surface area contributed by atoms with Crippen molar-refractivity contribution in [2.75, 3.05) is 13.1 Å². The van der Waals surface area contributed by atoms with Crippen LogP contribution in [0.2, 0.25) is 0 Å². The molecule has 2 aliphatic rings. The zero-order valence-corrected chi connectivity index (χ0v) is 16.1. The van der Waals surface area contributed by atoms with Gasteiger partial charge in [0, 0.05) is 12.1 Å². The monoisotopic (exact) mass is 425 g/mol. The second-order valence-corrected chi connectivity index (χ2v) is 9.29. The number of ether oxygens (including phenoxy) is 1. The fourth-order valence-corrected chi connectivity index (χ4v) is 5.61. The van der Waals surface area contributed by atoms with Crippen LogP contribution in [0, 0.1) is 0 Å². The molecule has 5 nitrogen and oxygen atoms in total. The van der Waals surface area contributed by atoms with Crippen molar-refractivity contribution in [2.24, 2.45) is 0 Å². The summed E-state index contributed by atoms with van der Waals surface area (Å²) in [4.78, 5) is 12.2. The fraction of sp³-hybridized carbons (Fsp3) is 0.350. The lowest BCUT2D eigenvalue weighted by molar-refractivity contribution is -0.137. The maximum Gasteiger partial charge on any atom is 0.416 e. The van der Waals surface area contributed by atoms with Crippen molar-refractivity contribution in [3.63, 3.8) is 0 Å². The standard InChI is InChI=1S/C20H18F3NO4S/c21-20(22,23)15-6-3-5-14(11-15)12-29(26,27)24-10-4-9-19(13-24)17-8-2-1-7-16(17)18(25)28-19/h1-3,5-8,11H,4,9-10,12-13H2. The molecule has 2 aromatic carbocycles. The number of rotatable bonds is 3. The van der Waals surface area contributed by atoms with E-state index in [0.29, 0.717) is 24.0 Å². The number of hydrogen-bond donors (Lipinski definition) is 0. The van der Waals surface area contributed by atoms with Gasteiger partial charge in [0.15, 0.2) is 5.60 Å². The van der Waals surface area contributed by atoms with Crippen LogP contribution in [-0.4, -0.2) is 31.8 Å². The van der Waals surface area contributed by atoms with E-state index in [0.717, 1.165) is 12.1 Å². The van der Waals surface area contributed by atoms with E-state index >= 15 is 0 Å². The normalized spacial score (nSPS) is 22.5. The molecule has 0 aliphatic carbocycles. The van der Waals surface area contributed by atoms with Crippen LogP contribution < -0.4 is 0 Å². The van der Waals surface area contributed by atoms with Gasteiger partial charge in [-0.25, -0.2) is 13.2 Å². The van der Waals surface area contributed by atoms with Crippen molar-refractivity contribution in [3.8, 4) is 0 Å². The molecule has 0 saturated carbocycles. The van der Waals surface area contributed by atoms with Crippen molar-refractivity contribution in [1.29, 1.82) is 0 Å². The molecule has 1 fully saturated rings. The molecular formula is C20H18F3NO4S. The molecule has 2 aromatic rings. The van der Waals surface area contributed by atoms with Crippen molar-refractivity contribution < 1.29 is 31.1 Å². The topological polar surface area (TPSA) is 63.7 Å². The summed E-state index contributed by atoms with van der Waals surface area (Å²) < 4.78 is 71.5. The van der Waals surface area contributed by atoms with Gasteiger partial charge in [0.2, 0.25) is 10.0 Å². The summed E-state index contributed by atoms with van der Waals surface area (Å²) >= 11 is 0. The molecular weight excluding hydrogens is 407 g/mol. The van der Waals surface area contributed by atoms with Gasteiger partial charge in [0.25, 0.3) is 0 Å². The molecule has 2 aliphatic heterocycles. The van der Waals surface area contributed by atoms with E-state index in [1.807, 2.05) is 0 Å². The number of esters is 1. The van der Waals surface area contributed by atoms with Gasteiger partial charge in [-0.15, -0.1) is 0 Å². The van der Waals surface area contributed by atoms with Gasteiger partial charge in [-0.1, -0.05) is 36.4 Å². The Hall–Kier alpha value is -2.39. The van der Waals surface area contributed by atoms with Crippen LogP contribution in [0.15, 0.2) is 48.5 Å². The predicted molar refractivity (Wildman–Crippen MR) is 98.4 cm³/mol. The fourth-order valence-electron chi connectivity index (χ4n) is 4.01. The van der Waals surface area contributed by atoms with Crippen LogP contribution in [0.1, 0.15) is 39.9 Å². The molecule has 1 spiro atoms. The van der Waals surface area contributed by atoms with Gasteiger partial charge in [-0.2, -0.15) is 17.5 Å². The first kappa shape index (κ1) is 19.9. The Balaban J connectivity index is 1.60. The average Bonchev–Trinajstić information content (AvgIpc) is 2.93. The molecule has 0 N–H and O–H groups in total. The van der Waals surface area contributed by atoms with Gasteiger partial charge in [-0.05, 0) is 30.5 Å². The minimum atomic E-state index is -4.54. The smallest absolute Gasteiger partial charge is 0.416 e. The Morgan fingerprint density at radius 3 is 2.62 bits per heavy atom. The molecule has 4 rings (SSSR count). The van der Waals surface area contributed by atoms with E-state index in [1.54, 1.807) is 24.3 Å². The van der Waals surface area contributed by atoms with Crippen molar-refractivity contribution in [3.05, 3.63) is 70.8 Å². The van der Waals surface area contributed by atoms with Crippen LogP contribution in [0.25, 0.3) is 0 Å². The first-order valence-electron chi connectivity index (χ1n) is 9.08. The third-order valence-electron chi connectivity index (χ3n) is 5.34. The lowest BCUT2D eigenvalue weighted by Gasteiger charge is -2.38. The van der Waals surface area contributed by atoms with E-state index in [1.165, 1.54) is 16.4 Å². The minimum Gasteiger partial charge on any atom is -0.449 e. The summed E-state index contributed by atoms with van der Waals surface area (Å²) in [6.45, 7) is 0.180. The summed E-state index contributed by atoms with van der Waals surface area (Å²) in [5.41, 5.74) is -0.803. The Bertz CT molecular complexity index is 1070. The SMILES string of the molecule is O=C1OC2(CCCN(S(=O)(=O)Cc3cccc(C(F)(F)F)c3)C2)c2ccccc21. The minimum absolute atomic E-state index is 0.0446. The number of sulfonamides is 1. The molecule has 154 valence electrons. The Morgan fingerprint density at radius 2 is 1.86 bits per heavy atom. The number of fused-ring (bicyclic) bond motifs is 2. The van der Waals surface area contributed by atoms with E-state index in [4.69, 9.17) is 4.74 Å². The summed E-state index contributed by atoms with van der Waals surface area (Å²) in [5.74, 6) is -1.04. The third kappa shape index (κ3) is 3.64. The maximum atomic E-state index is 13.0. The van der Waals surface area contributed by atoms with Gasteiger partial charge in [-0.3, -0.25) is 0 Å². The number of piperidine rings is 1. The second-order valence-electron chi connectivity index (χ2n) is 7.32. The number of hydrogen-bond acceptors (Lipinski definition) is 4. The molecule has 0 aromatic heterocycles. The molecule has 1 atom stereocenters. The van der Waals surface area contributed by atoms with E-state index in [-0.39, 0.29) is 18.7 Å². The van der Waals surface area contributed by atoms with Gasteiger partial charge < -0.3 is 4.74 Å². The molecule has 29 heavy (non-hydrogen) atoms. The number of carbonyl (C=O) groups is 1. The number of nitrogens with zero attached hydrogens (tertiary/aromatic N) is 1. The summed E-state index contributed by atoms with van der Waals surface area (Å²) in [6, 6.07) is 11.2. The van der Waals surface area contributed by atoms with Crippen LogP contribution in [0.3, 0.4) is 0 Å². The first-order chi connectivity index (χ1) is 13.6. The zero-order valence-electron chi connectivity index (χ0n) is 15.3. The Labute approximate surface area is 166 Å². The summed E-state index contributed by atoms with van der Waals surface area (Å²) in [6.07, 6.45) is -3.58. The summed E-state index contributed by atoms with van der Waals surface area (Å²) in [7, 11) is -3.91. The van der Waals surface area contributed by atoms with Crippen molar-refractivity contribution >= 4 is 16.0 Å². The Kier molecular flexibility index (Phi) is 4.70. The highest BCUT2D eigenvalue weighted by atomic mass is 32.2. The highest BCUT2D eigenvalue weighted by Gasteiger charge is 2.49. The van der Waals surface area contributed by atoms with Gasteiger partial charge in [0.05, 0.1) is 23.4 Å². The Morgan fingerprint density at radius 1 is 1.10 bits per heavy atom. The largest absolute Gasteiger partial charge is 0.449 e. The quantitative estimate of drug-likeness (QED) is 0.704. The van der Waals surface area contributed by atoms with Crippen molar-refractivity contribution in [2.45, 2.75) is 30.4 Å². The second kappa shape index (κ2) is 6.84. The molecule has 0 amide bonds. The highest BCUT2D eigenvalue weighted by molar-refractivity contribution is 7.88. The molecule has 1 unspecified atom stereocenters. The lowest BCUT2D eigenvalue weighted by Crippen LogP contribution is -2.49. The molecule has 0 bridgehead atoms. The van der Waals surface area contributed by atoms with E-state index in [2.05, 4.69) is 0 Å². The molecule has 2 heterocycles. The highest BCUT2D eigenvalue weighted by Crippen LogP contribution is 2.43. The molecule has 0 radical (unpaired) electrons. The van der Waals surface area contributed by atoms with Crippen LogP contribution in [-0.2, 0) is 32.3 Å².